The molecular weight excluding hydrogens is 266 g/mol. The highest BCUT2D eigenvalue weighted by atomic mass is 16.5. The van der Waals surface area contributed by atoms with Crippen molar-refractivity contribution in [2.24, 2.45) is 0 Å². The van der Waals surface area contributed by atoms with Crippen molar-refractivity contribution in [2.75, 3.05) is 24.8 Å². The van der Waals surface area contributed by atoms with Gasteiger partial charge in [-0.2, -0.15) is 5.26 Å². The first-order valence-corrected chi connectivity index (χ1v) is 6.52. The number of ether oxygens (including phenoxy) is 1. The van der Waals surface area contributed by atoms with Crippen molar-refractivity contribution >= 4 is 11.6 Å². The minimum absolute atomic E-state index is 0.362. The van der Waals surface area contributed by atoms with E-state index in [-0.39, 0.29) is 0 Å². The molecule has 0 unspecified atom stereocenters. The lowest BCUT2D eigenvalue weighted by atomic mass is 10.1. The topological polar surface area (TPSA) is 82.9 Å². The smallest absolute Gasteiger partial charge is 0.158 e. The molecule has 0 fully saturated rings. The quantitative estimate of drug-likeness (QED) is 0.845. The number of nitrogens with one attached hydrogen (secondary N) is 2. The monoisotopic (exact) mass is 283 g/mol. The number of anilines is 2. The van der Waals surface area contributed by atoms with E-state index in [1.54, 1.807) is 19.2 Å². The van der Waals surface area contributed by atoms with Gasteiger partial charge in [-0.1, -0.05) is 12.1 Å². The summed E-state index contributed by atoms with van der Waals surface area (Å²) in [6.45, 7) is 0.985. The molecule has 0 radical (unpaired) electrons. The predicted octanol–water partition coefficient (Wildman–Crippen LogP) is 2.15. The van der Waals surface area contributed by atoms with E-state index in [1.807, 2.05) is 25.2 Å². The van der Waals surface area contributed by atoms with Gasteiger partial charge in [0.2, 0.25) is 0 Å². The Morgan fingerprint density at radius 2 is 1.90 bits per heavy atom. The summed E-state index contributed by atoms with van der Waals surface area (Å²) < 4.78 is 5.06. The van der Waals surface area contributed by atoms with Gasteiger partial charge in [0.25, 0.3) is 0 Å². The zero-order chi connectivity index (χ0) is 15.1. The average molecular weight is 283 g/mol. The van der Waals surface area contributed by atoms with Crippen LogP contribution < -0.4 is 10.6 Å². The van der Waals surface area contributed by atoms with Crippen LogP contribution in [0.15, 0.2) is 30.3 Å². The highest BCUT2D eigenvalue weighted by Gasteiger charge is 2.04. The number of rotatable bonds is 6. The lowest BCUT2D eigenvalue weighted by Gasteiger charge is -2.09. The van der Waals surface area contributed by atoms with Crippen LogP contribution in [-0.4, -0.2) is 24.1 Å². The summed E-state index contributed by atoms with van der Waals surface area (Å²) >= 11 is 0. The van der Waals surface area contributed by atoms with Gasteiger partial charge in [-0.25, -0.2) is 9.97 Å². The van der Waals surface area contributed by atoms with Gasteiger partial charge in [-0.15, -0.1) is 0 Å². The van der Waals surface area contributed by atoms with Crippen LogP contribution in [0.5, 0.6) is 0 Å². The number of aromatic nitrogens is 2. The Hall–Kier alpha value is -2.65. The highest BCUT2D eigenvalue weighted by Crippen LogP contribution is 2.13. The average Bonchev–Trinajstić information content (AvgIpc) is 2.53. The summed E-state index contributed by atoms with van der Waals surface area (Å²) in [4.78, 5) is 8.68. The Kier molecular flexibility index (Phi) is 5.07. The summed E-state index contributed by atoms with van der Waals surface area (Å²) in [5, 5.41) is 15.0. The Bertz CT molecular complexity index is 634. The fourth-order valence-electron chi connectivity index (χ4n) is 1.80. The van der Waals surface area contributed by atoms with Crippen LogP contribution in [0.2, 0.25) is 0 Å². The number of benzene rings is 1. The standard InChI is InChI=1S/C15H17N5O/c1-17-13-7-14(20-15(19-13)10-21-2)18-9-12-5-3-11(8-16)4-6-12/h3-7H,9-10H2,1-2H3,(H2,17,18,19,20). The van der Waals surface area contributed by atoms with Gasteiger partial charge < -0.3 is 15.4 Å². The van der Waals surface area contributed by atoms with Gasteiger partial charge in [0.05, 0.1) is 11.6 Å². The minimum Gasteiger partial charge on any atom is -0.377 e. The van der Waals surface area contributed by atoms with E-state index < -0.39 is 0 Å². The maximum atomic E-state index is 8.77. The molecule has 0 bridgehead atoms. The third kappa shape index (κ3) is 4.16. The molecule has 0 atom stereocenters. The fourth-order valence-corrected chi connectivity index (χ4v) is 1.80. The Balaban J connectivity index is 2.07. The molecule has 1 aromatic carbocycles. The molecular formula is C15H17N5O. The molecule has 6 nitrogen and oxygen atoms in total. The fraction of sp³-hybridized carbons (Fsp3) is 0.267. The highest BCUT2D eigenvalue weighted by molar-refractivity contribution is 5.47. The molecule has 6 heteroatoms. The summed E-state index contributed by atoms with van der Waals surface area (Å²) in [5.74, 6) is 2.08. The van der Waals surface area contributed by atoms with E-state index in [0.717, 1.165) is 17.2 Å². The Morgan fingerprint density at radius 1 is 1.19 bits per heavy atom. The van der Waals surface area contributed by atoms with E-state index in [0.29, 0.717) is 24.5 Å². The summed E-state index contributed by atoms with van der Waals surface area (Å²) in [6.07, 6.45) is 0. The van der Waals surface area contributed by atoms with Gasteiger partial charge in [0.15, 0.2) is 5.82 Å². The molecule has 2 aromatic rings. The van der Waals surface area contributed by atoms with Crippen LogP contribution in [0.3, 0.4) is 0 Å². The predicted molar refractivity (Wildman–Crippen MR) is 80.8 cm³/mol. The third-order valence-corrected chi connectivity index (χ3v) is 2.86. The second kappa shape index (κ2) is 7.22. The van der Waals surface area contributed by atoms with E-state index in [4.69, 9.17) is 10.00 Å². The normalized spacial score (nSPS) is 9.95. The van der Waals surface area contributed by atoms with Crippen molar-refractivity contribution in [2.45, 2.75) is 13.2 Å². The van der Waals surface area contributed by atoms with Crippen molar-refractivity contribution in [1.82, 2.24) is 9.97 Å². The zero-order valence-corrected chi connectivity index (χ0v) is 12.1. The number of hydrogen-bond acceptors (Lipinski definition) is 6. The second-order valence-corrected chi connectivity index (χ2v) is 4.40. The summed E-state index contributed by atoms with van der Waals surface area (Å²) in [7, 11) is 3.42. The lowest BCUT2D eigenvalue weighted by molar-refractivity contribution is 0.178. The zero-order valence-electron chi connectivity index (χ0n) is 12.1. The van der Waals surface area contributed by atoms with E-state index in [2.05, 4.69) is 26.7 Å². The maximum absolute atomic E-state index is 8.77. The molecule has 0 saturated carbocycles. The molecule has 0 aliphatic carbocycles. The Labute approximate surface area is 123 Å². The van der Waals surface area contributed by atoms with Crippen LogP contribution in [0.1, 0.15) is 17.0 Å². The summed E-state index contributed by atoms with van der Waals surface area (Å²) in [5.41, 5.74) is 1.73. The van der Waals surface area contributed by atoms with Crippen molar-refractivity contribution in [3.63, 3.8) is 0 Å². The molecule has 0 saturated heterocycles. The van der Waals surface area contributed by atoms with E-state index in [1.165, 1.54) is 0 Å². The van der Waals surface area contributed by atoms with Gasteiger partial charge in [0, 0.05) is 26.8 Å². The molecule has 108 valence electrons. The van der Waals surface area contributed by atoms with Crippen LogP contribution >= 0.6 is 0 Å². The largest absolute Gasteiger partial charge is 0.377 e. The second-order valence-electron chi connectivity index (χ2n) is 4.40. The molecule has 2 rings (SSSR count). The third-order valence-electron chi connectivity index (χ3n) is 2.86. The first-order valence-electron chi connectivity index (χ1n) is 6.52. The molecule has 0 aliphatic rings. The van der Waals surface area contributed by atoms with Crippen molar-refractivity contribution in [3.8, 4) is 6.07 Å². The number of hydrogen-bond donors (Lipinski definition) is 2. The van der Waals surface area contributed by atoms with E-state index >= 15 is 0 Å². The maximum Gasteiger partial charge on any atom is 0.158 e. The van der Waals surface area contributed by atoms with Crippen LogP contribution in [0.4, 0.5) is 11.6 Å². The number of nitrogens with zero attached hydrogens (tertiary/aromatic N) is 3. The van der Waals surface area contributed by atoms with Crippen molar-refractivity contribution < 1.29 is 4.74 Å². The summed E-state index contributed by atoms with van der Waals surface area (Å²) in [6, 6.07) is 11.4. The molecule has 0 amide bonds. The molecule has 1 aromatic heterocycles. The first-order chi connectivity index (χ1) is 10.2. The number of methoxy groups -OCH3 is 1. The van der Waals surface area contributed by atoms with Crippen LogP contribution in [-0.2, 0) is 17.9 Å². The van der Waals surface area contributed by atoms with Crippen molar-refractivity contribution in [3.05, 3.63) is 47.3 Å². The molecule has 2 N–H and O–H groups in total. The molecule has 0 spiro atoms. The van der Waals surface area contributed by atoms with Gasteiger partial charge in [-0.3, -0.25) is 0 Å². The van der Waals surface area contributed by atoms with Crippen molar-refractivity contribution in [1.29, 1.82) is 5.26 Å². The van der Waals surface area contributed by atoms with E-state index in [9.17, 15) is 0 Å². The number of nitriles is 1. The lowest BCUT2D eigenvalue weighted by Crippen LogP contribution is -2.07. The first kappa shape index (κ1) is 14.8. The van der Waals surface area contributed by atoms with Crippen LogP contribution in [0.25, 0.3) is 0 Å². The SMILES string of the molecule is CNc1cc(NCc2ccc(C#N)cc2)nc(COC)n1. The molecule has 0 aliphatic heterocycles. The Morgan fingerprint density at radius 3 is 2.52 bits per heavy atom. The van der Waals surface area contributed by atoms with Gasteiger partial charge in [0.1, 0.15) is 18.2 Å². The van der Waals surface area contributed by atoms with Gasteiger partial charge >= 0.3 is 0 Å². The van der Waals surface area contributed by atoms with Crippen LogP contribution in [0, 0.1) is 11.3 Å². The molecule has 21 heavy (non-hydrogen) atoms. The molecule has 1 heterocycles. The van der Waals surface area contributed by atoms with Gasteiger partial charge in [-0.05, 0) is 17.7 Å². The minimum atomic E-state index is 0.362.